The van der Waals surface area contributed by atoms with Gasteiger partial charge in [0.25, 0.3) is 0 Å². The molecular formula is C14H15FO2. The third-order valence-corrected chi connectivity index (χ3v) is 2.63. The number of hydrogen-bond acceptors (Lipinski definition) is 2. The zero-order valence-corrected chi connectivity index (χ0v) is 9.73. The highest BCUT2D eigenvalue weighted by molar-refractivity contribution is 5.16. The molecule has 2 rings (SSSR count). The number of ether oxygens (including phenoxy) is 1. The van der Waals surface area contributed by atoms with Crippen molar-refractivity contribution < 1.29 is 13.5 Å². The number of furan rings is 1. The lowest BCUT2D eigenvalue weighted by Gasteiger charge is -2.13. The summed E-state index contributed by atoms with van der Waals surface area (Å²) in [5.41, 5.74) is 0.567. The Bertz CT molecular complexity index is 451. The van der Waals surface area contributed by atoms with Gasteiger partial charge in [0.15, 0.2) is 0 Å². The maximum Gasteiger partial charge on any atom is 0.132 e. The number of rotatable bonds is 5. The molecule has 2 aromatic rings. The van der Waals surface area contributed by atoms with E-state index in [1.165, 1.54) is 6.07 Å². The highest BCUT2D eigenvalue weighted by Crippen LogP contribution is 2.23. The van der Waals surface area contributed by atoms with E-state index < -0.39 is 0 Å². The van der Waals surface area contributed by atoms with Crippen LogP contribution in [0.3, 0.4) is 0 Å². The molecule has 0 amide bonds. The van der Waals surface area contributed by atoms with Gasteiger partial charge in [-0.2, -0.15) is 0 Å². The standard InChI is InChI=1S/C14H15FO2/c1-2-13(14-8-5-9-16-14)17-10-11-6-3-4-7-12(11)15/h3-9,13H,2,10H2,1H3. The molecule has 1 aromatic carbocycles. The summed E-state index contributed by atoms with van der Waals surface area (Å²) in [6.07, 6.45) is 2.29. The van der Waals surface area contributed by atoms with Crippen LogP contribution in [0.1, 0.15) is 30.8 Å². The minimum Gasteiger partial charge on any atom is -0.467 e. The van der Waals surface area contributed by atoms with Crippen molar-refractivity contribution in [3.8, 4) is 0 Å². The largest absolute Gasteiger partial charge is 0.467 e. The minimum absolute atomic E-state index is 0.121. The van der Waals surface area contributed by atoms with Crippen LogP contribution in [0.5, 0.6) is 0 Å². The quantitative estimate of drug-likeness (QED) is 0.777. The van der Waals surface area contributed by atoms with Crippen molar-refractivity contribution in [3.63, 3.8) is 0 Å². The predicted octanol–water partition coefficient (Wildman–Crippen LogP) is 4.09. The van der Waals surface area contributed by atoms with E-state index in [4.69, 9.17) is 9.15 Å². The zero-order valence-electron chi connectivity index (χ0n) is 9.73. The minimum atomic E-state index is -0.234. The molecule has 0 saturated heterocycles. The first-order valence-corrected chi connectivity index (χ1v) is 5.69. The SMILES string of the molecule is CCC(OCc1ccccc1F)c1ccco1. The maximum atomic E-state index is 13.4. The van der Waals surface area contributed by atoms with Crippen LogP contribution < -0.4 is 0 Å². The van der Waals surface area contributed by atoms with E-state index in [1.54, 1.807) is 24.5 Å². The lowest BCUT2D eigenvalue weighted by Crippen LogP contribution is -2.03. The smallest absolute Gasteiger partial charge is 0.132 e. The molecule has 1 atom stereocenters. The summed E-state index contributed by atoms with van der Waals surface area (Å²) in [4.78, 5) is 0. The molecule has 90 valence electrons. The Morgan fingerprint density at radius 3 is 2.71 bits per heavy atom. The van der Waals surface area contributed by atoms with Gasteiger partial charge >= 0.3 is 0 Å². The maximum absolute atomic E-state index is 13.4. The van der Waals surface area contributed by atoms with Crippen LogP contribution in [-0.2, 0) is 11.3 Å². The van der Waals surface area contributed by atoms with Crippen LogP contribution in [0.2, 0.25) is 0 Å². The van der Waals surface area contributed by atoms with Crippen molar-refractivity contribution in [2.24, 2.45) is 0 Å². The zero-order chi connectivity index (χ0) is 12.1. The molecule has 3 heteroatoms. The van der Waals surface area contributed by atoms with Gasteiger partial charge in [0.1, 0.15) is 17.7 Å². The molecule has 1 heterocycles. The van der Waals surface area contributed by atoms with Crippen molar-refractivity contribution in [1.29, 1.82) is 0 Å². The summed E-state index contributed by atoms with van der Waals surface area (Å²) in [5, 5.41) is 0. The van der Waals surface area contributed by atoms with E-state index in [0.29, 0.717) is 5.56 Å². The summed E-state index contributed by atoms with van der Waals surface area (Å²) in [6.45, 7) is 2.26. The Labute approximate surface area is 100 Å². The fraction of sp³-hybridized carbons (Fsp3) is 0.286. The van der Waals surface area contributed by atoms with Crippen LogP contribution in [0, 0.1) is 5.82 Å². The summed E-state index contributed by atoms with van der Waals surface area (Å²) in [7, 11) is 0. The van der Waals surface area contributed by atoms with E-state index in [9.17, 15) is 4.39 Å². The Morgan fingerprint density at radius 2 is 2.06 bits per heavy atom. The molecular weight excluding hydrogens is 219 g/mol. The Morgan fingerprint density at radius 1 is 1.24 bits per heavy atom. The topological polar surface area (TPSA) is 22.4 Å². The van der Waals surface area contributed by atoms with Crippen LogP contribution >= 0.6 is 0 Å². The van der Waals surface area contributed by atoms with Gasteiger partial charge in [0.2, 0.25) is 0 Å². The second-order valence-electron chi connectivity index (χ2n) is 3.81. The molecule has 0 bridgehead atoms. The van der Waals surface area contributed by atoms with Gasteiger partial charge in [-0.3, -0.25) is 0 Å². The lowest BCUT2D eigenvalue weighted by atomic mass is 10.2. The van der Waals surface area contributed by atoms with Crippen molar-refractivity contribution in [1.82, 2.24) is 0 Å². The summed E-state index contributed by atoms with van der Waals surface area (Å²) in [6, 6.07) is 10.3. The third kappa shape index (κ3) is 2.94. The number of hydrogen-bond donors (Lipinski definition) is 0. The molecule has 17 heavy (non-hydrogen) atoms. The lowest BCUT2D eigenvalue weighted by molar-refractivity contribution is 0.0216. The second-order valence-corrected chi connectivity index (χ2v) is 3.81. The molecule has 0 radical (unpaired) electrons. The predicted molar refractivity (Wildman–Crippen MR) is 62.9 cm³/mol. The Balaban J connectivity index is 2.00. The molecule has 0 aliphatic heterocycles. The Kier molecular flexibility index (Phi) is 3.94. The van der Waals surface area contributed by atoms with Crippen LogP contribution in [0.15, 0.2) is 47.1 Å². The van der Waals surface area contributed by atoms with Gasteiger partial charge in [-0.15, -0.1) is 0 Å². The molecule has 0 saturated carbocycles. The van der Waals surface area contributed by atoms with Crippen LogP contribution in [-0.4, -0.2) is 0 Å². The van der Waals surface area contributed by atoms with Gasteiger partial charge in [0.05, 0.1) is 12.9 Å². The first kappa shape index (κ1) is 11.9. The monoisotopic (exact) mass is 234 g/mol. The molecule has 0 aliphatic rings. The Hall–Kier alpha value is -1.61. The third-order valence-electron chi connectivity index (χ3n) is 2.63. The molecule has 0 N–H and O–H groups in total. The van der Waals surface area contributed by atoms with Crippen LogP contribution in [0.4, 0.5) is 4.39 Å². The normalized spacial score (nSPS) is 12.6. The van der Waals surface area contributed by atoms with E-state index in [0.717, 1.165) is 12.2 Å². The number of halogens is 1. The first-order chi connectivity index (χ1) is 8.31. The molecule has 0 fully saturated rings. The van der Waals surface area contributed by atoms with Gasteiger partial charge in [-0.25, -0.2) is 4.39 Å². The summed E-state index contributed by atoms with van der Waals surface area (Å²) >= 11 is 0. The molecule has 2 nitrogen and oxygen atoms in total. The van der Waals surface area contributed by atoms with Crippen LogP contribution in [0.25, 0.3) is 0 Å². The van der Waals surface area contributed by atoms with E-state index in [-0.39, 0.29) is 18.5 Å². The average Bonchev–Trinajstić information content (AvgIpc) is 2.86. The number of benzene rings is 1. The van der Waals surface area contributed by atoms with Gasteiger partial charge in [-0.1, -0.05) is 25.1 Å². The van der Waals surface area contributed by atoms with E-state index >= 15 is 0 Å². The van der Waals surface area contributed by atoms with Crippen molar-refractivity contribution in [3.05, 3.63) is 59.8 Å². The molecule has 0 aliphatic carbocycles. The van der Waals surface area contributed by atoms with Gasteiger partial charge in [0, 0.05) is 5.56 Å². The highest BCUT2D eigenvalue weighted by atomic mass is 19.1. The molecule has 1 aromatic heterocycles. The summed E-state index contributed by atoms with van der Waals surface area (Å²) < 4.78 is 24.3. The van der Waals surface area contributed by atoms with Gasteiger partial charge < -0.3 is 9.15 Å². The van der Waals surface area contributed by atoms with E-state index in [2.05, 4.69) is 0 Å². The second kappa shape index (κ2) is 5.64. The van der Waals surface area contributed by atoms with E-state index in [1.807, 2.05) is 19.1 Å². The highest BCUT2D eigenvalue weighted by Gasteiger charge is 2.13. The van der Waals surface area contributed by atoms with Crippen molar-refractivity contribution in [2.75, 3.05) is 0 Å². The molecule has 0 spiro atoms. The van der Waals surface area contributed by atoms with Gasteiger partial charge in [-0.05, 0) is 24.6 Å². The first-order valence-electron chi connectivity index (χ1n) is 5.69. The molecule has 1 unspecified atom stereocenters. The summed E-state index contributed by atoms with van der Waals surface area (Å²) in [5.74, 6) is 0.547. The average molecular weight is 234 g/mol. The van der Waals surface area contributed by atoms with Crippen molar-refractivity contribution >= 4 is 0 Å². The fourth-order valence-electron chi connectivity index (χ4n) is 1.68. The van der Waals surface area contributed by atoms with Crippen molar-refractivity contribution in [2.45, 2.75) is 26.1 Å². The fourth-order valence-corrected chi connectivity index (χ4v) is 1.68.